The first-order chi connectivity index (χ1) is 8.20. The molecule has 0 aromatic heterocycles. The van der Waals surface area contributed by atoms with E-state index in [-0.39, 0.29) is 11.3 Å². The summed E-state index contributed by atoms with van der Waals surface area (Å²) < 4.78 is 39.4. The number of benzene rings is 1. The van der Waals surface area contributed by atoms with Crippen molar-refractivity contribution in [2.45, 2.75) is 32.0 Å². The highest BCUT2D eigenvalue weighted by Crippen LogP contribution is 2.39. The Labute approximate surface area is 103 Å². The zero-order chi connectivity index (χ0) is 14.0. The summed E-state index contributed by atoms with van der Waals surface area (Å²) in [4.78, 5) is 0. The fraction of sp³-hybridized carbons (Fsp3) is 0.417. The fourth-order valence-electron chi connectivity index (χ4n) is 1.66. The highest BCUT2D eigenvalue weighted by atomic mass is 19.4. The van der Waals surface area contributed by atoms with Gasteiger partial charge in [-0.2, -0.15) is 13.2 Å². The third-order valence-electron chi connectivity index (χ3n) is 2.78. The first kappa shape index (κ1) is 14.5. The number of nitrogens with two attached hydrogens (primary N) is 1. The second-order valence-corrected chi connectivity index (χ2v) is 4.35. The van der Waals surface area contributed by atoms with Gasteiger partial charge in [-0.15, -0.1) is 0 Å². The van der Waals surface area contributed by atoms with Crippen molar-refractivity contribution in [3.8, 4) is 0 Å². The molecule has 6 heteroatoms. The predicted molar refractivity (Wildman–Crippen MR) is 62.6 cm³/mol. The van der Waals surface area contributed by atoms with Crippen LogP contribution in [0.5, 0.6) is 0 Å². The Kier molecular flexibility index (Phi) is 4.01. The van der Waals surface area contributed by atoms with Crippen molar-refractivity contribution in [3.05, 3.63) is 35.4 Å². The van der Waals surface area contributed by atoms with Crippen molar-refractivity contribution < 1.29 is 18.4 Å². The Morgan fingerprint density at radius 1 is 1.28 bits per heavy atom. The lowest BCUT2D eigenvalue weighted by molar-refractivity contribution is -0.187. The van der Waals surface area contributed by atoms with Crippen molar-refractivity contribution in [3.63, 3.8) is 0 Å². The molecule has 0 spiro atoms. The Balaban J connectivity index is 3.25. The number of nitrogens with zero attached hydrogens (tertiary/aromatic N) is 1. The van der Waals surface area contributed by atoms with E-state index < -0.39 is 18.1 Å². The Morgan fingerprint density at radius 2 is 1.78 bits per heavy atom. The van der Waals surface area contributed by atoms with E-state index in [0.717, 1.165) is 5.56 Å². The minimum absolute atomic E-state index is 0.0522. The van der Waals surface area contributed by atoms with Gasteiger partial charge in [0, 0.05) is 6.42 Å². The maximum absolute atomic E-state index is 13.1. The van der Waals surface area contributed by atoms with E-state index >= 15 is 0 Å². The van der Waals surface area contributed by atoms with Crippen LogP contribution in [0.1, 0.15) is 24.5 Å². The van der Waals surface area contributed by atoms with Crippen LogP contribution < -0.4 is 5.73 Å². The molecule has 0 aliphatic rings. The molecule has 0 bridgehead atoms. The number of aryl methyl sites for hydroxylation is 1. The van der Waals surface area contributed by atoms with Crippen molar-refractivity contribution in [1.82, 2.24) is 0 Å². The third-order valence-corrected chi connectivity index (χ3v) is 2.78. The van der Waals surface area contributed by atoms with Gasteiger partial charge in [-0.1, -0.05) is 35.0 Å². The van der Waals surface area contributed by atoms with E-state index in [1.54, 1.807) is 19.1 Å². The largest absolute Gasteiger partial charge is 0.411 e. The maximum atomic E-state index is 13.1. The maximum Gasteiger partial charge on any atom is 0.410 e. The molecule has 0 saturated carbocycles. The zero-order valence-corrected chi connectivity index (χ0v) is 10.1. The quantitative estimate of drug-likeness (QED) is 0.498. The van der Waals surface area contributed by atoms with Crippen LogP contribution in [0.3, 0.4) is 0 Å². The van der Waals surface area contributed by atoms with Crippen LogP contribution in [-0.2, 0) is 5.54 Å². The van der Waals surface area contributed by atoms with Crippen LogP contribution >= 0.6 is 0 Å². The molecule has 0 aliphatic carbocycles. The summed E-state index contributed by atoms with van der Waals surface area (Å²) in [5, 5.41) is 11.3. The van der Waals surface area contributed by atoms with Crippen LogP contribution in [0.2, 0.25) is 0 Å². The van der Waals surface area contributed by atoms with Gasteiger partial charge in [0.05, 0.1) is 5.71 Å². The topological polar surface area (TPSA) is 58.6 Å². The van der Waals surface area contributed by atoms with Crippen LogP contribution in [0.25, 0.3) is 0 Å². The van der Waals surface area contributed by atoms with Gasteiger partial charge in [-0.25, -0.2) is 0 Å². The van der Waals surface area contributed by atoms with Crippen molar-refractivity contribution >= 4 is 5.71 Å². The van der Waals surface area contributed by atoms with Gasteiger partial charge < -0.3 is 10.9 Å². The van der Waals surface area contributed by atoms with Crippen molar-refractivity contribution in [2.24, 2.45) is 10.9 Å². The summed E-state index contributed by atoms with van der Waals surface area (Å²) in [5.74, 6) is 0. The van der Waals surface area contributed by atoms with Gasteiger partial charge in [0.25, 0.3) is 0 Å². The highest BCUT2D eigenvalue weighted by Gasteiger charge is 2.53. The molecule has 1 aromatic rings. The SMILES string of the molecule is C/C(C[C@](N)(c1ccc(C)cc1)C(F)(F)F)=N\O. The molecule has 1 aromatic carbocycles. The predicted octanol–water partition coefficient (Wildman–Crippen LogP) is 2.95. The van der Waals surface area contributed by atoms with Crippen molar-refractivity contribution in [1.29, 1.82) is 0 Å². The Hall–Kier alpha value is -1.56. The summed E-state index contributed by atoms with van der Waals surface area (Å²) in [6, 6.07) is 5.81. The number of hydrogen-bond donors (Lipinski definition) is 2. The zero-order valence-electron chi connectivity index (χ0n) is 10.1. The lowest BCUT2D eigenvalue weighted by Gasteiger charge is -2.32. The smallest absolute Gasteiger partial charge is 0.410 e. The van der Waals surface area contributed by atoms with Gasteiger partial charge in [0.2, 0.25) is 0 Å². The molecule has 18 heavy (non-hydrogen) atoms. The average Bonchev–Trinajstić information content (AvgIpc) is 2.28. The molecule has 0 fully saturated rings. The lowest BCUT2D eigenvalue weighted by atomic mass is 9.85. The fourth-order valence-corrected chi connectivity index (χ4v) is 1.66. The molecule has 0 aliphatic heterocycles. The minimum Gasteiger partial charge on any atom is -0.411 e. The van der Waals surface area contributed by atoms with Crippen LogP contribution in [0.4, 0.5) is 13.2 Å². The summed E-state index contributed by atoms with van der Waals surface area (Å²) in [7, 11) is 0. The summed E-state index contributed by atoms with van der Waals surface area (Å²) in [6.07, 6.45) is -5.22. The first-order valence-electron chi connectivity index (χ1n) is 5.31. The lowest BCUT2D eigenvalue weighted by Crippen LogP contribution is -2.51. The van der Waals surface area contributed by atoms with Crippen LogP contribution in [-0.4, -0.2) is 17.1 Å². The normalized spacial score (nSPS) is 16.4. The van der Waals surface area contributed by atoms with Crippen LogP contribution in [0.15, 0.2) is 29.4 Å². The van der Waals surface area contributed by atoms with Crippen molar-refractivity contribution in [2.75, 3.05) is 0 Å². The van der Waals surface area contributed by atoms with Gasteiger partial charge >= 0.3 is 6.18 Å². The van der Waals surface area contributed by atoms with Gasteiger partial charge in [0.1, 0.15) is 5.54 Å². The second kappa shape index (κ2) is 4.97. The average molecular weight is 260 g/mol. The number of oxime groups is 1. The molecule has 0 heterocycles. The van der Waals surface area contributed by atoms with E-state index in [2.05, 4.69) is 5.16 Å². The summed E-state index contributed by atoms with van der Waals surface area (Å²) >= 11 is 0. The van der Waals surface area contributed by atoms with E-state index in [9.17, 15) is 13.2 Å². The Bertz CT molecular complexity index is 440. The molecule has 0 saturated heterocycles. The molecule has 3 N–H and O–H groups in total. The van der Waals surface area contributed by atoms with E-state index in [0.29, 0.717) is 0 Å². The molecule has 1 atom stereocenters. The molecular formula is C12H15F3N2O. The number of hydrogen-bond acceptors (Lipinski definition) is 3. The molecule has 1 rings (SSSR count). The van der Waals surface area contributed by atoms with E-state index in [1.165, 1.54) is 19.1 Å². The first-order valence-corrected chi connectivity index (χ1v) is 5.31. The summed E-state index contributed by atoms with van der Waals surface area (Å²) in [6.45, 7) is 3.07. The molecule has 0 unspecified atom stereocenters. The number of halogens is 3. The molecule has 0 amide bonds. The van der Waals surface area contributed by atoms with Gasteiger partial charge in [0.15, 0.2) is 0 Å². The summed E-state index contributed by atoms with van der Waals surface area (Å²) in [5.41, 5.74) is 3.68. The number of alkyl halides is 3. The van der Waals surface area contributed by atoms with Crippen LogP contribution in [0, 0.1) is 6.92 Å². The Morgan fingerprint density at radius 3 is 2.17 bits per heavy atom. The monoisotopic (exact) mass is 260 g/mol. The molecule has 0 radical (unpaired) electrons. The van der Waals surface area contributed by atoms with E-state index in [4.69, 9.17) is 10.9 Å². The number of rotatable bonds is 3. The minimum atomic E-state index is -4.63. The van der Waals surface area contributed by atoms with E-state index in [1.807, 2.05) is 0 Å². The standard InChI is InChI=1S/C12H15F3N2O/c1-8-3-5-10(6-4-8)11(16,12(13,14)15)7-9(2)17-18/h3-6,18H,7,16H2,1-2H3/b17-9+/t11-/m0/s1. The molecular weight excluding hydrogens is 245 g/mol. The molecule has 100 valence electrons. The van der Waals surface area contributed by atoms with Gasteiger partial charge in [-0.3, -0.25) is 0 Å². The molecule has 3 nitrogen and oxygen atoms in total. The second-order valence-electron chi connectivity index (χ2n) is 4.35. The third kappa shape index (κ3) is 2.81. The highest BCUT2D eigenvalue weighted by molar-refractivity contribution is 5.82. The van der Waals surface area contributed by atoms with Gasteiger partial charge in [-0.05, 0) is 19.4 Å².